The number of benzene rings is 1. The summed E-state index contributed by atoms with van der Waals surface area (Å²) < 4.78 is 0. The fourth-order valence-electron chi connectivity index (χ4n) is 3.32. The number of nitrogens with one attached hydrogen (secondary N) is 1. The second kappa shape index (κ2) is 11.3. The fourth-order valence-corrected chi connectivity index (χ4v) is 3.32. The normalized spacial score (nSPS) is 14.4. The Labute approximate surface area is 167 Å². The number of rotatable bonds is 12. The van der Waals surface area contributed by atoms with E-state index < -0.39 is 11.6 Å². The Morgan fingerprint density at radius 3 is 2.00 bits per heavy atom. The molecule has 0 aliphatic heterocycles. The van der Waals surface area contributed by atoms with Crippen LogP contribution in [0, 0.1) is 0 Å². The van der Waals surface area contributed by atoms with Gasteiger partial charge in [0.2, 0.25) is 11.6 Å². The number of carbonyl (C=O) groups excluding carboxylic acids is 2. The van der Waals surface area contributed by atoms with E-state index in [1.54, 1.807) is 12.1 Å². The highest BCUT2D eigenvalue weighted by atomic mass is 16.3. The predicted molar refractivity (Wildman–Crippen MR) is 111 cm³/mol. The van der Waals surface area contributed by atoms with Crippen molar-refractivity contribution in [3.63, 3.8) is 0 Å². The Bertz CT molecular complexity index is 731. The highest BCUT2D eigenvalue weighted by Gasteiger charge is 2.28. The van der Waals surface area contributed by atoms with Gasteiger partial charge in [0.05, 0.1) is 5.70 Å². The number of carbonyl (C=O) groups is 2. The lowest BCUT2D eigenvalue weighted by Gasteiger charge is -2.18. The third-order valence-electron chi connectivity index (χ3n) is 4.99. The summed E-state index contributed by atoms with van der Waals surface area (Å²) in [4.78, 5) is 24.2. The van der Waals surface area contributed by atoms with E-state index in [2.05, 4.69) is 12.2 Å². The summed E-state index contributed by atoms with van der Waals surface area (Å²) in [6.07, 6.45) is 12.0. The van der Waals surface area contributed by atoms with E-state index in [4.69, 9.17) is 0 Å². The van der Waals surface area contributed by atoms with Gasteiger partial charge in [-0.2, -0.15) is 0 Å². The number of anilines is 1. The summed E-state index contributed by atoms with van der Waals surface area (Å²) in [5.74, 6) is -1.27. The summed E-state index contributed by atoms with van der Waals surface area (Å²) in [5.41, 5.74) is 1.03. The molecule has 0 aromatic heterocycles. The second-order valence-corrected chi connectivity index (χ2v) is 7.33. The van der Waals surface area contributed by atoms with E-state index in [1.807, 2.05) is 0 Å². The van der Waals surface area contributed by atoms with Crippen LogP contribution >= 0.6 is 0 Å². The number of aliphatic hydroxyl groups excluding tert-OH is 1. The van der Waals surface area contributed by atoms with E-state index >= 15 is 0 Å². The molecule has 0 atom stereocenters. The number of hydrogen-bond acceptors (Lipinski definition) is 5. The number of hydrogen-bond donors (Lipinski definition) is 3. The Balaban J connectivity index is 1.85. The molecule has 5 nitrogen and oxygen atoms in total. The first-order valence-electron chi connectivity index (χ1n) is 10.3. The lowest BCUT2D eigenvalue weighted by atomic mass is 9.93. The van der Waals surface area contributed by atoms with Gasteiger partial charge in [0.15, 0.2) is 0 Å². The van der Waals surface area contributed by atoms with Gasteiger partial charge in [-0.1, -0.05) is 58.3 Å². The number of phenolic OH excluding ortho intramolecular Hbond substituents is 1. The number of Topliss-reactive ketones (excluding diaryl/α,β-unsaturated/α-hetero) is 1. The highest BCUT2D eigenvalue weighted by Crippen LogP contribution is 2.26. The number of aromatic hydroxyl groups is 1. The summed E-state index contributed by atoms with van der Waals surface area (Å²) in [6.45, 7) is 2.21. The highest BCUT2D eigenvalue weighted by molar-refractivity contribution is 6.48. The van der Waals surface area contributed by atoms with Gasteiger partial charge in [-0.05, 0) is 37.1 Å². The van der Waals surface area contributed by atoms with Crippen LogP contribution in [0.15, 0.2) is 47.4 Å². The van der Waals surface area contributed by atoms with Gasteiger partial charge >= 0.3 is 0 Å². The van der Waals surface area contributed by atoms with Crippen molar-refractivity contribution in [2.75, 3.05) is 5.32 Å². The van der Waals surface area contributed by atoms with E-state index in [1.165, 1.54) is 50.7 Å². The second-order valence-electron chi connectivity index (χ2n) is 7.33. The smallest absolute Gasteiger partial charge is 0.232 e. The first kappa shape index (κ1) is 21.7. The standard InChI is InChI=1S/C23H31NO4/c1-2-3-4-5-6-7-8-9-10-11-19-22(27)20(16-21(26)23(19)28)24-17-12-14-18(25)15-13-17/h12-16,24-25,27H,2-11H2,1H3. The van der Waals surface area contributed by atoms with Crippen LogP contribution in [0.1, 0.15) is 71.1 Å². The molecule has 0 bridgehead atoms. The van der Waals surface area contributed by atoms with Gasteiger partial charge in [0.25, 0.3) is 0 Å². The van der Waals surface area contributed by atoms with Gasteiger partial charge in [-0.3, -0.25) is 9.59 Å². The maximum atomic E-state index is 12.2. The maximum absolute atomic E-state index is 12.2. The zero-order valence-electron chi connectivity index (χ0n) is 16.7. The molecule has 2 rings (SSSR count). The molecule has 0 radical (unpaired) electrons. The monoisotopic (exact) mass is 385 g/mol. The molecule has 0 saturated carbocycles. The molecule has 0 spiro atoms. The molecule has 0 heterocycles. The molecule has 152 valence electrons. The van der Waals surface area contributed by atoms with Crippen LogP contribution in [0.2, 0.25) is 0 Å². The Morgan fingerprint density at radius 2 is 1.39 bits per heavy atom. The minimum Gasteiger partial charge on any atom is -0.508 e. The Kier molecular flexibility index (Phi) is 8.79. The first-order chi connectivity index (χ1) is 13.5. The minimum absolute atomic E-state index is 0.125. The average Bonchev–Trinajstić information content (AvgIpc) is 2.68. The SMILES string of the molecule is CCCCCCCCCCCC1=C(O)C(Nc2ccc(O)cc2)=CC(=O)C1=O. The number of phenols is 1. The molecule has 0 unspecified atom stereocenters. The lowest BCUT2D eigenvalue weighted by Crippen LogP contribution is -2.24. The molecular weight excluding hydrogens is 354 g/mol. The van der Waals surface area contributed by atoms with E-state index in [-0.39, 0.29) is 22.8 Å². The molecule has 1 aliphatic carbocycles. The number of aliphatic hydroxyl groups is 1. The summed E-state index contributed by atoms with van der Waals surface area (Å²) in [7, 11) is 0. The third-order valence-corrected chi connectivity index (χ3v) is 4.99. The van der Waals surface area contributed by atoms with Crippen molar-refractivity contribution in [2.45, 2.75) is 71.1 Å². The lowest BCUT2D eigenvalue weighted by molar-refractivity contribution is -0.132. The van der Waals surface area contributed by atoms with Gasteiger partial charge in [0.1, 0.15) is 11.5 Å². The maximum Gasteiger partial charge on any atom is 0.232 e. The van der Waals surface area contributed by atoms with Crippen LogP contribution in [0.3, 0.4) is 0 Å². The first-order valence-corrected chi connectivity index (χ1v) is 10.3. The zero-order valence-corrected chi connectivity index (χ0v) is 16.7. The molecule has 1 aromatic rings. The molecule has 1 aromatic carbocycles. The van der Waals surface area contributed by atoms with Crippen LogP contribution in [-0.2, 0) is 9.59 Å². The molecular formula is C23H31NO4. The van der Waals surface area contributed by atoms with Crippen LogP contribution in [0.4, 0.5) is 5.69 Å². The Hall–Kier alpha value is -2.56. The van der Waals surface area contributed by atoms with E-state index in [0.717, 1.165) is 25.3 Å². The predicted octanol–water partition coefficient (Wildman–Crippen LogP) is 5.57. The molecule has 0 amide bonds. The van der Waals surface area contributed by atoms with E-state index in [9.17, 15) is 19.8 Å². The molecule has 1 aliphatic rings. The van der Waals surface area contributed by atoms with Gasteiger partial charge in [0, 0.05) is 17.3 Å². The zero-order chi connectivity index (χ0) is 20.4. The van der Waals surface area contributed by atoms with Crippen molar-refractivity contribution < 1.29 is 19.8 Å². The average molecular weight is 386 g/mol. The number of unbranched alkanes of at least 4 members (excludes halogenated alkanes) is 8. The van der Waals surface area contributed by atoms with Crippen LogP contribution in [-0.4, -0.2) is 21.8 Å². The third kappa shape index (κ3) is 6.55. The van der Waals surface area contributed by atoms with Crippen LogP contribution in [0.5, 0.6) is 5.75 Å². The van der Waals surface area contributed by atoms with Crippen molar-refractivity contribution in [2.24, 2.45) is 0 Å². The topological polar surface area (TPSA) is 86.6 Å². The van der Waals surface area contributed by atoms with E-state index in [0.29, 0.717) is 12.1 Å². The summed E-state index contributed by atoms with van der Waals surface area (Å²) >= 11 is 0. The Morgan fingerprint density at radius 1 is 0.821 bits per heavy atom. The van der Waals surface area contributed by atoms with Crippen molar-refractivity contribution >= 4 is 17.3 Å². The molecule has 3 N–H and O–H groups in total. The minimum atomic E-state index is -0.620. The van der Waals surface area contributed by atoms with Gasteiger partial charge in [-0.15, -0.1) is 0 Å². The van der Waals surface area contributed by atoms with Crippen molar-refractivity contribution in [1.29, 1.82) is 0 Å². The fraction of sp³-hybridized carbons (Fsp3) is 0.478. The van der Waals surface area contributed by atoms with Crippen molar-refractivity contribution in [3.05, 3.63) is 47.4 Å². The number of ketones is 2. The number of allylic oxidation sites excluding steroid dienone is 2. The molecule has 0 saturated heterocycles. The van der Waals surface area contributed by atoms with Crippen LogP contribution in [0.25, 0.3) is 0 Å². The molecule has 0 fully saturated rings. The summed E-state index contributed by atoms with van der Waals surface area (Å²) in [6, 6.07) is 6.26. The van der Waals surface area contributed by atoms with Crippen LogP contribution < -0.4 is 5.32 Å². The van der Waals surface area contributed by atoms with Gasteiger partial charge in [-0.25, -0.2) is 0 Å². The largest absolute Gasteiger partial charge is 0.508 e. The summed E-state index contributed by atoms with van der Waals surface area (Å²) in [5, 5.41) is 22.8. The molecule has 5 heteroatoms. The van der Waals surface area contributed by atoms with Crippen molar-refractivity contribution in [1.82, 2.24) is 0 Å². The molecule has 28 heavy (non-hydrogen) atoms. The quantitative estimate of drug-likeness (QED) is 0.189. The van der Waals surface area contributed by atoms with Crippen molar-refractivity contribution in [3.8, 4) is 5.75 Å². The van der Waals surface area contributed by atoms with Gasteiger partial charge < -0.3 is 15.5 Å².